The van der Waals surface area contributed by atoms with E-state index < -0.39 is 0 Å². The van der Waals surface area contributed by atoms with Crippen molar-refractivity contribution in [3.05, 3.63) is 11.4 Å². The van der Waals surface area contributed by atoms with Gasteiger partial charge in [-0.2, -0.15) is 0 Å². The van der Waals surface area contributed by atoms with Crippen molar-refractivity contribution < 1.29 is 4.74 Å². The highest BCUT2D eigenvalue weighted by Crippen LogP contribution is 2.40. The summed E-state index contributed by atoms with van der Waals surface area (Å²) >= 11 is 0. The third-order valence-corrected chi connectivity index (χ3v) is 3.75. The van der Waals surface area contributed by atoms with Crippen molar-refractivity contribution in [3.63, 3.8) is 0 Å². The molecule has 0 aliphatic heterocycles. The highest BCUT2D eigenvalue weighted by molar-refractivity contribution is 5.59. The molecule has 0 spiro atoms. The Hall–Kier alpha value is -1.36. The molecule has 1 fully saturated rings. The monoisotopic (exact) mass is 278 g/mol. The number of methoxy groups -OCH3 is 1. The molecule has 1 aromatic heterocycles. The Morgan fingerprint density at radius 3 is 2.55 bits per heavy atom. The molecule has 1 aliphatic rings. The molecular weight excluding hydrogens is 252 g/mol. The predicted octanol–water partition coefficient (Wildman–Crippen LogP) is 2.57. The van der Waals surface area contributed by atoms with Crippen LogP contribution in [0.2, 0.25) is 0 Å². The quantitative estimate of drug-likeness (QED) is 0.830. The first-order valence-electron chi connectivity index (χ1n) is 7.40. The lowest BCUT2D eigenvalue weighted by Crippen LogP contribution is -2.35. The maximum atomic E-state index is 5.23. The van der Waals surface area contributed by atoms with Crippen molar-refractivity contribution in [3.8, 4) is 0 Å². The number of rotatable bonds is 7. The van der Waals surface area contributed by atoms with Gasteiger partial charge in [0.15, 0.2) is 0 Å². The SMILES string of the molecule is CNc1nc(C2CC2)nc(N(CCOC)C(C)C)c1C. The van der Waals surface area contributed by atoms with E-state index in [0.717, 1.165) is 29.6 Å². The Morgan fingerprint density at radius 2 is 2.05 bits per heavy atom. The first-order chi connectivity index (χ1) is 9.58. The van der Waals surface area contributed by atoms with Gasteiger partial charge in [0, 0.05) is 38.2 Å². The third-order valence-electron chi connectivity index (χ3n) is 3.75. The van der Waals surface area contributed by atoms with Crippen LogP contribution in [0.15, 0.2) is 0 Å². The van der Waals surface area contributed by atoms with Crippen molar-refractivity contribution in [2.45, 2.75) is 45.6 Å². The molecular formula is C15H26N4O. The van der Waals surface area contributed by atoms with Crippen molar-refractivity contribution in [1.82, 2.24) is 9.97 Å². The molecule has 0 amide bonds. The standard InChI is InChI=1S/C15H26N4O/c1-10(2)19(8-9-20-5)15-11(3)13(16-4)17-14(18-15)12-6-7-12/h10,12H,6-9H2,1-5H3,(H,16,17,18). The van der Waals surface area contributed by atoms with Crippen LogP contribution in [0.25, 0.3) is 0 Å². The fraction of sp³-hybridized carbons (Fsp3) is 0.733. The van der Waals surface area contributed by atoms with Gasteiger partial charge in [-0.25, -0.2) is 9.97 Å². The lowest BCUT2D eigenvalue weighted by Gasteiger charge is -2.30. The summed E-state index contributed by atoms with van der Waals surface area (Å²) in [5.41, 5.74) is 1.11. The van der Waals surface area contributed by atoms with Gasteiger partial charge in [-0.15, -0.1) is 0 Å². The van der Waals surface area contributed by atoms with Crippen LogP contribution < -0.4 is 10.2 Å². The molecule has 112 valence electrons. The second kappa shape index (κ2) is 6.39. The smallest absolute Gasteiger partial charge is 0.137 e. The Morgan fingerprint density at radius 1 is 1.35 bits per heavy atom. The van der Waals surface area contributed by atoms with Crippen LogP contribution in [0, 0.1) is 6.92 Å². The van der Waals surface area contributed by atoms with Gasteiger partial charge in [-0.1, -0.05) is 0 Å². The van der Waals surface area contributed by atoms with Gasteiger partial charge < -0.3 is 15.0 Å². The number of aromatic nitrogens is 2. The van der Waals surface area contributed by atoms with E-state index in [0.29, 0.717) is 18.6 Å². The highest BCUT2D eigenvalue weighted by atomic mass is 16.5. The first kappa shape index (κ1) is 15.0. The molecule has 20 heavy (non-hydrogen) atoms. The number of nitrogens with one attached hydrogen (secondary N) is 1. The van der Waals surface area contributed by atoms with Crippen LogP contribution >= 0.6 is 0 Å². The Labute approximate surface area is 121 Å². The average molecular weight is 278 g/mol. The predicted molar refractivity (Wildman–Crippen MR) is 82.6 cm³/mol. The van der Waals surface area contributed by atoms with E-state index in [-0.39, 0.29) is 0 Å². The summed E-state index contributed by atoms with van der Waals surface area (Å²) in [7, 11) is 3.66. The van der Waals surface area contributed by atoms with Gasteiger partial charge in [0.1, 0.15) is 17.5 Å². The van der Waals surface area contributed by atoms with Gasteiger partial charge in [0.05, 0.1) is 6.61 Å². The molecule has 2 rings (SSSR count). The molecule has 1 aromatic rings. The van der Waals surface area contributed by atoms with Gasteiger partial charge in [-0.3, -0.25) is 0 Å². The Kier molecular flexibility index (Phi) is 4.81. The lowest BCUT2D eigenvalue weighted by molar-refractivity contribution is 0.203. The summed E-state index contributed by atoms with van der Waals surface area (Å²) < 4.78 is 5.23. The van der Waals surface area contributed by atoms with Crippen molar-refractivity contribution in [2.24, 2.45) is 0 Å². The normalized spacial score (nSPS) is 14.7. The van der Waals surface area contributed by atoms with E-state index in [4.69, 9.17) is 9.72 Å². The van der Waals surface area contributed by atoms with E-state index in [1.807, 2.05) is 7.05 Å². The third kappa shape index (κ3) is 3.20. The zero-order chi connectivity index (χ0) is 14.7. The second-order valence-corrected chi connectivity index (χ2v) is 5.68. The van der Waals surface area contributed by atoms with Crippen molar-refractivity contribution in [2.75, 3.05) is 37.5 Å². The molecule has 5 heteroatoms. The summed E-state index contributed by atoms with van der Waals surface area (Å²) in [6.07, 6.45) is 2.43. The largest absolute Gasteiger partial charge is 0.383 e. The topological polar surface area (TPSA) is 50.3 Å². The van der Waals surface area contributed by atoms with E-state index in [9.17, 15) is 0 Å². The summed E-state index contributed by atoms with van der Waals surface area (Å²) in [5.74, 6) is 3.52. The fourth-order valence-electron chi connectivity index (χ4n) is 2.37. The minimum Gasteiger partial charge on any atom is -0.383 e. The van der Waals surface area contributed by atoms with Crippen LogP contribution in [0.3, 0.4) is 0 Å². The minimum atomic E-state index is 0.385. The summed E-state index contributed by atoms with van der Waals surface area (Å²) in [6.45, 7) is 8.01. The van der Waals surface area contributed by atoms with Gasteiger partial charge in [-0.05, 0) is 33.6 Å². The second-order valence-electron chi connectivity index (χ2n) is 5.68. The lowest BCUT2D eigenvalue weighted by atomic mass is 10.2. The maximum absolute atomic E-state index is 5.23. The highest BCUT2D eigenvalue weighted by Gasteiger charge is 2.29. The van der Waals surface area contributed by atoms with Crippen LogP contribution in [-0.2, 0) is 4.74 Å². The van der Waals surface area contributed by atoms with Gasteiger partial charge in [0.2, 0.25) is 0 Å². The van der Waals surface area contributed by atoms with Crippen LogP contribution in [0.5, 0.6) is 0 Å². The van der Waals surface area contributed by atoms with E-state index >= 15 is 0 Å². The number of ether oxygens (including phenoxy) is 1. The molecule has 0 radical (unpaired) electrons. The van der Waals surface area contributed by atoms with E-state index in [2.05, 4.69) is 36.0 Å². The minimum absolute atomic E-state index is 0.385. The zero-order valence-corrected chi connectivity index (χ0v) is 13.2. The summed E-state index contributed by atoms with van der Waals surface area (Å²) in [6, 6.07) is 0.385. The number of hydrogen-bond donors (Lipinski definition) is 1. The first-order valence-corrected chi connectivity index (χ1v) is 7.40. The average Bonchev–Trinajstić information content (AvgIpc) is 3.25. The molecule has 0 aromatic carbocycles. The maximum Gasteiger partial charge on any atom is 0.137 e. The molecule has 5 nitrogen and oxygen atoms in total. The molecule has 0 bridgehead atoms. The number of anilines is 2. The van der Waals surface area contributed by atoms with E-state index in [1.54, 1.807) is 7.11 Å². The Bertz CT molecular complexity index is 457. The molecule has 1 saturated carbocycles. The molecule has 0 atom stereocenters. The Balaban J connectivity index is 2.37. The van der Waals surface area contributed by atoms with Gasteiger partial charge >= 0.3 is 0 Å². The molecule has 0 saturated heterocycles. The van der Waals surface area contributed by atoms with Crippen molar-refractivity contribution >= 4 is 11.6 Å². The van der Waals surface area contributed by atoms with Crippen LogP contribution in [-0.4, -0.2) is 43.3 Å². The van der Waals surface area contributed by atoms with Crippen LogP contribution in [0.1, 0.15) is 44.0 Å². The molecule has 1 aliphatic carbocycles. The number of nitrogens with zero attached hydrogens (tertiary/aromatic N) is 3. The molecule has 0 unspecified atom stereocenters. The van der Waals surface area contributed by atoms with E-state index in [1.165, 1.54) is 12.8 Å². The van der Waals surface area contributed by atoms with Crippen molar-refractivity contribution in [1.29, 1.82) is 0 Å². The summed E-state index contributed by atoms with van der Waals surface area (Å²) in [4.78, 5) is 11.8. The van der Waals surface area contributed by atoms with Crippen LogP contribution in [0.4, 0.5) is 11.6 Å². The zero-order valence-electron chi connectivity index (χ0n) is 13.2. The number of hydrogen-bond acceptors (Lipinski definition) is 5. The summed E-state index contributed by atoms with van der Waals surface area (Å²) in [5, 5.41) is 3.20. The molecule has 1 N–H and O–H groups in total. The van der Waals surface area contributed by atoms with Gasteiger partial charge in [0.25, 0.3) is 0 Å². The molecule has 1 heterocycles. The fourth-order valence-corrected chi connectivity index (χ4v) is 2.37.